The highest BCUT2D eigenvalue weighted by atomic mass is 32.1. The van der Waals surface area contributed by atoms with Crippen molar-refractivity contribution in [3.8, 4) is 11.5 Å². The molecular weight excluding hydrogens is 498 g/mol. The summed E-state index contributed by atoms with van der Waals surface area (Å²) >= 11 is 1.67. The van der Waals surface area contributed by atoms with Crippen LogP contribution in [-0.4, -0.2) is 55.6 Å². The first-order valence-corrected chi connectivity index (χ1v) is 13.3. The number of carbonyl (C=O) groups excluding carboxylic acids is 2. The molecule has 0 radical (unpaired) electrons. The summed E-state index contributed by atoms with van der Waals surface area (Å²) in [4.78, 5) is 32.2. The smallest absolute Gasteiger partial charge is 0.322 e. The number of nitrogens with zero attached hydrogens (tertiary/aromatic N) is 2. The van der Waals surface area contributed by atoms with E-state index in [2.05, 4.69) is 18.0 Å². The lowest BCUT2D eigenvalue weighted by Gasteiger charge is -2.27. The molecule has 1 aromatic heterocycles. The van der Waals surface area contributed by atoms with Crippen molar-refractivity contribution < 1.29 is 19.1 Å². The van der Waals surface area contributed by atoms with Crippen LogP contribution in [0.2, 0.25) is 0 Å². The summed E-state index contributed by atoms with van der Waals surface area (Å²) in [7, 11) is 3.21. The zero-order chi connectivity index (χ0) is 27.7. The van der Waals surface area contributed by atoms with Crippen LogP contribution >= 0.6 is 11.3 Å². The first-order valence-electron chi connectivity index (χ1n) is 12.5. The van der Waals surface area contributed by atoms with Crippen LogP contribution in [0.1, 0.15) is 26.4 Å². The molecule has 0 saturated carbocycles. The quantitative estimate of drug-likeness (QED) is 0.290. The molecule has 2 aromatic carbocycles. The second-order valence-electron chi connectivity index (χ2n) is 9.17. The lowest BCUT2D eigenvalue weighted by molar-refractivity contribution is -0.132. The number of urea groups is 1. The Bertz CT molecular complexity index is 1270. The molecule has 0 aliphatic rings. The third-order valence-electron chi connectivity index (χ3n) is 6.33. The first-order chi connectivity index (χ1) is 18.2. The van der Waals surface area contributed by atoms with Gasteiger partial charge in [-0.1, -0.05) is 18.2 Å². The summed E-state index contributed by atoms with van der Waals surface area (Å²) in [5.41, 5.74) is 3.95. The Morgan fingerprint density at radius 1 is 0.947 bits per heavy atom. The standard InChI is InChI=1S/C30H37N3O4S/c1-7-15-33(30(35)31-25-11-8-21(2)22(3)17-25)20-29(34)32(19-26-12-9-23(4)38-26)16-14-24-10-13-27(36-5)28(18-24)37-6/h7-13,17-18H,1,14-16,19-20H2,2-6H3,(H,31,35). The molecule has 0 aliphatic carbocycles. The maximum atomic E-state index is 13.6. The van der Waals surface area contributed by atoms with Crippen molar-refractivity contribution in [3.63, 3.8) is 0 Å². The summed E-state index contributed by atoms with van der Waals surface area (Å²) in [5.74, 6) is 1.18. The number of carbonyl (C=O) groups is 2. The largest absolute Gasteiger partial charge is 0.493 e. The topological polar surface area (TPSA) is 71.1 Å². The Labute approximate surface area is 229 Å². The monoisotopic (exact) mass is 535 g/mol. The molecule has 0 aliphatic heterocycles. The number of methoxy groups -OCH3 is 2. The minimum absolute atomic E-state index is 0.0566. The zero-order valence-electron chi connectivity index (χ0n) is 22.9. The van der Waals surface area contributed by atoms with E-state index in [4.69, 9.17) is 9.47 Å². The van der Waals surface area contributed by atoms with Crippen molar-refractivity contribution in [2.75, 3.05) is 39.2 Å². The number of benzene rings is 2. The van der Waals surface area contributed by atoms with Crippen molar-refractivity contribution in [2.24, 2.45) is 0 Å². The van der Waals surface area contributed by atoms with Gasteiger partial charge in [-0.3, -0.25) is 4.79 Å². The highest BCUT2D eigenvalue weighted by Gasteiger charge is 2.22. The minimum Gasteiger partial charge on any atom is -0.493 e. The van der Waals surface area contributed by atoms with Gasteiger partial charge in [-0.15, -0.1) is 17.9 Å². The average molecular weight is 536 g/mol. The summed E-state index contributed by atoms with van der Waals surface area (Å²) in [6.07, 6.45) is 2.26. The molecule has 0 fully saturated rings. The number of amides is 3. The van der Waals surface area contributed by atoms with E-state index >= 15 is 0 Å². The van der Waals surface area contributed by atoms with Gasteiger partial charge in [0.05, 0.1) is 20.8 Å². The molecule has 0 bridgehead atoms. The van der Waals surface area contributed by atoms with E-state index in [1.807, 2.05) is 63.2 Å². The van der Waals surface area contributed by atoms with Gasteiger partial charge in [0.2, 0.25) is 5.91 Å². The Morgan fingerprint density at radius 3 is 2.34 bits per heavy atom. The van der Waals surface area contributed by atoms with E-state index in [1.165, 1.54) is 9.78 Å². The number of anilines is 1. The van der Waals surface area contributed by atoms with Gasteiger partial charge >= 0.3 is 6.03 Å². The SMILES string of the molecule is C=CCN(CC(=O)N(CCc1ccc(OC)c(OC)c1)Cc1ccc(C)s1)C(=O)Nc1ccc(C)c(C)c1. The van der Waals surface area contributed by atoms with Crippen LogP contribution in [-0.2, 0) is 17.8 Å². The van der Waals surface area contributed by atoms with Crippen molar-refractivity contribution in [1.29, 1.82) is 0 Å². The van der Waals surface area contributed by atoms with Crippen molar-refractivity contribution in [3.05, 3.63) is 87.6 Å². The third kappa shape index (κ3) is 7.86. The Morgan fingerprint density at radius 2 is 1.71 bits per heavy atom. The normalized spacial score (nSPS) is 10.6. The van der Waals surface area contributed by atoms with Crippen molar-refractivity contribution >= 4 is 29.0 Å². The molecule has 0 atom stereocenters. The fourth-order valence-electron chi connectivity index (χ4n) is 4.01. The molecule has 38 heavy (non-hydrogen) atoms. The third-order valence-corrected chi connectivity index (χ3v) is 7.32. The molecule has 202 valence electrons. The van der Waals surface area contributed by atoms with Gasteiger partial charge in [0.15, 0.2) is 11.5 Å². The van der Waals surface area contributed by atoms with E-state index in [-0.39, 0.29) is 25.0 Å². The Kier molecular flexibility index (Phi) is 10.4. The van der Waals surface area contributed by atoms with Crippen LogP contribution in [0.25, 0.3) is 0 Å². The number of hydrogen-bond acceptors (Lipinski definition) is 5. The van der Waals surface area contributed by atoms with Crippen molar-refractivity contribution in [1.82, 2.24) is 9.80 Å². The molecule has 1 heterocycles. The van der Waals surface area contributed by atoms with Gasteiger partial charge in [0.1, 0.15) is 6.54 Å². The van der Waals surface area contributed by atoms with E-state index < -0.39 is 0 Å². The number of hydrogen-bond donors (Lipinski definition) is 1. The van der Waals surface area contributed by atoms with Gasteiger partial charge in [-0.2, -0.15) is 0 Å². The van der Waals surface area contributed by atoms with Crippen molar-refractivity contribution in [2.45, 2.75) is 33.7 Å². The Balaban J connectivity index is 1.75. The lowest BCUT2D eigenvalue weighted by Crippen LogP contribution is -2.44. The highest BCUT2D eigenvalue weighted by Crippen LogP contribution is 2.28. The van der Waals surface area contributed by atoms with Crippen LogP contribution in [0, 0.1) is 20.8 Å². The number of ether oxygens (including phenoxy) is 2. The summed E-state index contributed by atoms with van der Waals surface area (Å²) in [6, 6.07) is 15.3. The molecule has 3 rings (SSSR count). The summed E-state index contributed by atoms with van der Waals surface area (Å²) < 4.78 is 10.8. The van der Waals surface area contributed by atoms with E-state index in [0.717, 1.165) is 21.6 Å². The van der Waals surface area contributed by atoms with Gasteiger partial charge in [0, 0.05) is 28.5 Å². The summed E-state index contributed by atoms with van der Waals surface area (Å²) in [6.45, 7) is 11.0. The van der Waals surface area contributed by atoms with E-state index in [1.54, 1.807) is 36.5 Å². The van der Waals surface area contributed by atoms with Crippen LogP contribution < -0.4 is 14.8 Å². The van der Waals surface area contributed by atoms with Crippen LogP contribution in [0.3, 0.4) is 0 Å². The summed E-state index contributed by atoms with van der Waals surface area (Å²) in [5, 5.41) is 2.92. The average Bonchev–Trinajstić information content (AvgIpc) is 3.32. The maximum absolute atomic E-state index is 13.6. The second-order valence-corrected chi connectivity index (χ2v) is 10.5. The molecule has 1 N–H and O–H groups in total. The van der Waals surface area contributed by atoms with E-state index in [0.29, 0.717) is 36.7 Å². The van der Waals surface area contributed by atoms with Gasteiger partial charge in [-0.25, -0.2) is 4.79 Å². The Hall–Kier alpha value is -3.78. The molecule has 0 saturated heterocycles. The van der Waals surface area contributed by atoms with Gasteiger partial charge in [-0.05, 0) is 80.3 Å². The van der Waals surface area contributed by atoms with Crippen LogP contribution in [0.5, 0.6) is 11.5 Å². The predicted octanol–water partition coefficient (Wildman–Crippen LogP) is 5.98. The number of nitrogens with one attached hydrogen (secondary N) is 1. The molecule has 3 aromatic rings. The fraction of sp³-hybridized carbons (Fsp3) is 0.333. The minimum atomic E-state index is -0.340. The molecule has 3 amide bonds. The number of thiophene rings is 1. The second kappa shape index (κ2) is 13.7. The molecule has 7 nitrogen and oxygen atoms in total. The first kappa shape index (κ1) is 28.8. The number of rotatable bonds is 12. The van der Waals surface area contributed by atoms with Gasteiger partial charge < -0.3 is 24.6 Å². The lowest BCUT2D eigenvalue weighted by atomic mass is 10.1. The van der Waals surface area contributed by atoms with Crippen LogP contribution in [0.15, 0.2) is 61.2 Å². The highest BCUT2D eigenvalue weighted by molar-refractivity contribution is 7.11. The van der Waals surface area contributed by atoms with Crippen LogP contribution in [0.4, 0.5) is 10.5 Å². The predicted molar refractivity (Wildman–Crippen MR) is 154 cm³/mol. The molecule has 0 unspecified atom stereocenters. The van der Waals surface area contributed by atoms with Gasteiger partial charge in [0.25, 0.3) is 0 Å². The number of aryl methyl sites for hydroxylation is 3. The molecule has 8 heteroatoms. The maximum Gasteiger partial charge on any atom is 0.322 e. The van der Waals surface area contributed by atoms with E-state index in [9.17, 15) is 9.59 Å². The zero-order valence-corrected chi connectivity index (χ0v) is 23.7. The molecule has 0 spiro atoms. The fourth-order valence-corrected chi connectivity index (χ4v) is 4.92. The molecular formula is C30H37N3O4S.